The van der Waals surface area contributed by atoms with Crippen LogP contribution in [0.1, 0.15) is 27.0 Å². The van der Waals surface area contributed by atoms with E-state index in [0.29, 0.717) is 0 Å². The van der Waals surface area contributed by atoms with E-state index in [-0.39, 0.29) is 12.5 Å². The average molecular weight is 330 g/mol. The number of hydrogen-bond acceptors (Lipinski definition) is 6. The number of aliphatic hydroxyl groups is 1. The van der Waals surface area contributed by atoms with E-state index >= 15 is 0 Å². The maximum absolute atomic E-state index is 14.8. The van der Waals surface area contributed by atoms with Gasteiger partial charge < -0.3 is 14.6 Å². The molecule has 4 atom stereocenters. The number of esters is 1. The zero-order valence-electron chi connectivity index (χ0n) is 13.0. The van der Waals surface area contributed by atoms with Crippen molar-refractivity contribution in [3.05, 3.63) is 33.1 Å². The summed E-state index contributed by atoms with van der Waals surface area (Å²) in [4.78, 5) is 36.3. The van der Waals surface area contributed by atoms with Crippen LogP contribution < -0.4 is 11.2 Å². The number of aromatic nitrogens is 2. The lowest BCUT2D eigenvalue weighted by Gasteiger charge is -2.24. The number of ether oxygens (including phenoxy) is 2. The van der Waals surface area contributed by atoms with Crippen LogP contribution in [0.2, 0.25) is 0 Å². The quantitative estimate of drug-likeness (QED) is 0.735. The first kappa shape index (κ1) is 17.4. The van der Waals surface area contributed by atoms with Crippen molar-refractivity contribution in [1.82, 2.24) is 9.55 Å². The Bertz CT molecular complexity index is 695. The summed E-state index contributed by atoms with van der Waals surface area (Å²) in [6, 6.07) is 1.04. The van der Waals surface area contributed by atoms with Crippen LogP contribution in [0.15, 0.2) is 21.9 Å². The highest BCUT2D eigenvalue weighted by Crippen LogP contribution is 2.40. The molecule has 2 rings (SSSR count). The number of carbonyl (C=O) groups excluding carboxylic acids is 1. The Morgan fingerprint density at radius 2 is 2.22 bits per heavy atom. The second kappa shape index (κ2) is 6.25. The molecule has 0 saturated carbocycles. The van der Waals surface area contributed by atoms with E-state index in [4.69, 9.17) is 9.47 Å². The standard InChI is InChI=1S/C14H19FN2O6/c1-7(2)11(20)22-6-8-10(19)14(3,15)12(23-8)17-5-4-9(18)16-13(17)21/h4-5,7-8,10,12,19H,6H2,1-3H3,(H,16,18,21). The van der Waals surface area contributed by atoms with Crippen LogP contribution in [0.5, 0.6) is 0 Å². The first-order valence-corrected chi connectivity index (χ1v) is 7.15. The largest absolute Gasteiger partial charge is 0.463 e. The lowest BCUT2D eigenvalue weighted by molar-refractivity contribution is -0.153. The molecule has 1 fully saturated rings. The van der Waals surface area contributed by atoms with Gasteiger partial charge in [-0.3, -0.25) is 19.1 Å². The molecular formula is C14H19FN2O6. The van der Waals surface area contributed by atoms with E-state index < -0.39 is 41.3 Å². The van der Waals surface area contributed by atoms with Crippen LogP contribution in [0.4, 0.5) is 4.39 Å². The summed E-state index contributed by atoms with van der Waals surface area (Å²) < 4.78 is 26.0. The predicted octanol–water partition coefficient (Wildman–Crippen LogP) is -0.278. The van der Waals surface area contributed by atoms with Gasteiger partial charge in [0.05, 0.1) is 5.92 Å². The normalized spacial score (nSPS) is 30.6. The topological polar surface area (TPSA) is 111 Å². The molecule has 0 aromatic carbocycles. The fraction of sp³-hybridized carbons (Fsp3) is 0.643. The SMILES string of the molecule is CC(C)C(=O)OCC1OC(n2ccc(=O)[nH]c2=O)C(C)(F)C1O. The van der Waals surface area contributed by atoms with Crippen LogP contribution >= 0.6 is 0 Å². The van der Waals surface area contributed by atoms with Gasteiger partial charge in [0.1, 0.15) is 18.8 Å². The zero-order chi connectivity index (χ0) is 17.4. The molecule has 1 saturated heterocycles. The molecule has 2 N–H and O–H groups in total. The van der Waals surface area contributed by atoms with E-state index in [1.807, 2.05) is 4.98 Å². The van der Waals surface area contributed by atoms with E-state index in [1.165, 1.54) is 0 Å². The van der Waals surface area contributed by atoms with Crippen molar-refractivity contribution >= 4 is 5.97 Å². The number of carbonyl (C=O) groups is 1. The highest BCUT2D eigenvalue weighted by molar-refractivity contribution is 5.71. The number of aromatic amines is 1. The van der Waals surface area contributed by atoms with Gasteiger partial charge in [-0.05, 0) is 6.92 Å². The lowest BCUT2D eigenvalue weighted by atomic mass is 9.98. The summed E-state index contributed by atoms with van der Waals surface area (Å²) in [5.74, 6) is -0.881. The minimum atomic E-state index is -2.31. The van der Waals surface area contributed by atoms with E-state index in [1.54, 1.807) is 13.8 Å². The Kier molecular flexibility index (Phi) is 4.71. The molecule has 0 spiro atoms. The van der Waals surface area contributed by atoms with Crippen molar-refractivity contribution in [1.29, 1.82) is 0 Å². The van der Waals surface area contributed by atoms with Gasteiger partial charge in [0.15, 0.2) is 11.9 Å². The molecule has 23 heavy (non-hydrogen) atoms. The maximum Gasteiger partial charge on any atom is 0.330 e. The number of alkyl halides is 1. The van der Waals surface area contributed by atoms with Gasteiger partial charge in [0, 0.05) is 12.3 Å². The third-order valence-corrected chi connectivity index (χ3v) is 3.68. The first-order chi connectivity index (χ1) is 10.6. The monoisotopic (exact) mass is 330 g/mol. The van der Waals surface area contributed by atoms with E-state index in [0.717, 1.165) is 23.8 Å². The molecule has 1 aliphatic rings. The van der Waals surface area contributed by atoms with Gasteiger partial charge in [-0.1, -0.05) is 13.8 Å². The molecule has 9 heteroatoms. The van der Waals surface area contributed by atoms with Crippen LogP contribution in [0, 0.1) is 5.92 Å². The fourth-order valence-electron chi connectivity index (χ4n) is 2.29. The summed E-state index contributed by atoms with van der Waals surface area (Å²) in [6.45, 7) is 4.00. The molecule has 8 nitrogen and oxygen atoms in total. The van der Waals surface area contributed by atoms with Gasteiger partial charge in [0.25, 0.3) is 5.56 Å². The number of nitrogens with zero attached hydrogens (tertiary/aromatic N) is 1. The second-order valence-electron chi connectivity index (χ2n) is 5.93. The third-order valence-electron chi connectivity index (χ3n) is 3.68. The summed E-state index contributed by atoms with van der Waals surface area (Å²) in [6.07, 6.45) is -3.11. The highest BCUT2D eigenvalue weighted by Gasteiger charge is 2.55. The Morgan fingerprint density at radius 3 is 2.78 bits per heavy atom. The van der Waals surface area contributed by atoms with Crippen molar-refractivity contribution in [2.45, 2.75) is 44.9 Å². The van der Waals surface area contributed by atoms with E-state index in [9.17, 15) is 23.9 Å². The van der Waals surface area contributed by atoms with Crippen LogP contribution in [0.25, 0.3) is 0 Å². The van der Waals surface area contributed by atoms with Gasteiger partial charge >= 0.3 is 11.7 Å². The summed E-state index contributed by atoms with van der Waals surface area (Å²) in [5.41, 5.74) is -3.80. The number of aliphatic hydroxyl groups excluding tert-OH is 1. The van der Waals surface area contributed by atoms with Gasteiger partial charge in [-0.25, -0.2) is 9.18 Å². The smallest absolute Gasteiger partial charge is 0.330 e. The number of rotatable bonds is 4. The van der Waals surface area contributed by atoms with Crippen molar-refractivity contribution in [2.24, 2.45) is 5.92 Å². The number of nitrogens with one attached hydrogen (secondary N) is 1. The van der Waals surface area contributed by atoms with Crippen molar-refractivity contribution in [3.8, 4) is 0 Å². The Hall–Kier alpha value is -2.00. The predicted molar refractivity (Wildman–Crippen MR) is 76.5 cm³/mol. The summed E-state index contributed by atoms with van der Waals surface area (Å²) >= 11 is 0. The van der Waals surface area contributed by atoms with E-state index in [2.05, 4.69) is 0 Å². The molecular weight excluding hydrogens is 311 g/mol. The second-order valence-corrected chi connectivity index (χ2v) is 5.93. The molecule has 0 amide bonds. The molecule has 0 bridgehead atoms. The van der Waals surface area contributed by atoms with Gasteiger partial charge in [-0.2, -0.15) is 0 Å². The summed E-state index contributed by atoms with van der Waals surface area (Å²) in [7, 11) is 0. The first-order valence-electron chi connectivity index (χ1n) is 7.15. The van der Waals surface area contributed by atoms with Gasteiger partial charge in [-0.15, -0.1) is 0 Å². The Morgan fingerprint density at radius 1 is 1.57 bits per heavy atom. The molecule has 128 valence electrons. The van der Waals surface area contributed by atoms with Crippen molar-refractivity contribution in [2.75, 3.05) is 6.61 Å². The fourth-order valence-corrected chi connectivity index (χ4v) is 2.29. The number of hydrogen-bond donors (Lipinski definition) is 2. The molecule has 4 unspecified atom stereocenters. The number of halogens is 1. The minimum absolute atomic E-state index is 0.341. The zero-order valence-corrected chi connectivity index (χ0v) is 13.0. The highest BCUT2D eigenvalue weighted by atomic mass is 19.1. The van der Waals surface area contributed by atoms with Gasteiger partial charge in [0.2, 0.25) is 0 Å². The molecule has 1 aromatic heterocycles. The molecule has 0 aliphatic carbocycles. The van der Waals surface area contributed by atoms with Crippen molar-refractivity contribution < 1.29 is 23.8 Å². The molecule has 0 radical (unpaired) electrons. The van der Waals surface area contributed by atoms with Crippen LogP contribution in [0.3, 0.4) is 0 Å². The Labute approximate surface area is 130 Å². The van der Waals surface area contributed by atoms with Crippen LogP contribution in [-0.4, -0.2) is 45.1 Å². The van der Waals surface area contributed by atoms with Crippen LogP contribution in [-0.2, 0) is 14.3 Å². The minimum Gasteiger partial charge on any atom is -0.463 e. The Balaban J connectivity index is 2.21. The molecule has 1 aromatic rings. The maximum atomic E-state index is 14.8. The third kappa shape index (κ3) is 3.35. The molecule has 1 aliphatic heterocycles. The summed E-state index contributed by atoms with van der Waals surface area (Å²) in [5, 5.41) is 10.1. The number of H-pyrrole nitrogens is 1. The lowest BCUT2D eigenvalue weighted by Crippen LogP contribution is -2.43. The average Bonchev–Trinajstić information content (AvgIpc) is 2.68. The van der Waals surface area contributed by atoms with Crippen molar-refractivity contribution in [3.63, 3.8) is 0 Å². The molecule has 2 heterocycles.